The first-order valence-corrected chi connectivity index (χ1v) is 8.67. The van der Waals surface area contributed by atoms with Crippen molar-refractivity contribution in [2.75, 3.05) is 11.9 Å². The smallest absolute Gasteiger partial charge is 0.207 e. The molecule has 0 aliphatic rings. The van der Waals surface area contributed by atoms with Crippen molar-refractivity contribution in [2.24, 2.45) is 0 Å². The second kappa shape index (κ2) is 6.89. The average molecular weight is 355 g/mol. The summed E-state index contributed by atoms with van der Waals surface area (Å²) in [5.74, 6) is 0. The summed E-state index contributed by atoms with van der Waals surface area (Å²) in [5.41, 5.74) is 0. The molecule has 1 rings (SSSR count). The van der Waals surface area contributed by atoms with Gasteiger partial charge in [0.05, 0.1) is 4.90 Å². The number of benzene rings is 1. The van der Waals surface area contributed by atoms with Gasteiger partial charge in [-0.1, -0.05) is 27.5 Å². The summed E-state index contributed by atoms with van der Waals surface area (Å²) in [6.07, 6.45) is 0.783. The zero-order valence-electron chi connectivity index (χ0n) is 10.4. The second-order valence-corrected chi connectivity index (χ2v) is 7.33. The maximum atomic E-state index is 12.5. The van der Waals surface area contributed by atoms with Crippen molar-refractivity contribution in [3.63, 3.8) is 0 Å². The van der Waals surface area contributed by atoms with Gasteiger partial charge in [0, 0.05) is 22.9 Å². The number of hydrogen-bond acceptors (Lipinski definition) is 2. The molecule has 18 heavy (non-hydrogen) atoms. The number of rotatable bonds is 6. The van der Waals surface area contributed by atoms with Crippen LogP contribution in [-0.2, 0) is 10.0 Å². The zero-order valence-corrected chi connectivity index (χ0v) is 13.6. The molecule has 0 amide bonds. The third kappa shape index (κ3) is 3.95. The van der Waals surface area contributed by atoms with E-state index in [1.165, 1.54) is 4.31 Å². The van der Waals surface area contributed by atoms with Gasteiger partial charge in [-0.2, -0.15) is 4.31 Å². The number of alkyl halides is 1. The summed E-state index contributed by atoms with van der Waals surface area (Å²) in [6, 6.07) is 6.21. The van der Waals surface area contributed by atoms with E-state index in [4.69, 9.17) is 11.6 Å². The molecule has 0 radical (unpaired) electrons. The van der Waals surface area contributed by atoms with Gasteiger partial charge in [-0.15, -0.1) is 0 Å². The molecule has 0 aromatic heterocycles. The molecule has 0 unspecified atom stereocenters. The molecule has 6 heteroatoms. The average Bonchev–Trinajstić information content (AvgIpc) is 2.29. The van der Waals surface area contributed by atoms with Crippen LogP contribution in [0.15, 0.2) is 29.2 Å². The van der Waals surface area contributed by atoms with Crippen LogP contribution in [0, 0.1) is 0 Å². The van der Waals surface area contributed by atoms with Gasteiger partial charge in [-0.05, 0) is 44.5 Å². The van der Waals surface area contributed by atoms with E-state index in [9.17, 15) is 8.42 Å². The largest absolute Gasteiger partial charge is 0.243 e. The fourth-order valence-electron chi connectivity index (χ4n) is 1.61. The summed E-state index contributed by atoms with van der Waals surface area (Å²) < 4.78 is 26.4. The lowest BCUT2D eigenvalue weighted by molar-refractivity contribution is 0.355. The van der Waals surface area contributed by atoms with Gasteiger partial charge in [-0.3, -0.25) is 0 Å². The Morgan fingerprint density at radius 1 is 1.28 bits per heavy atom. The maximum Gasteiger partial charge on any atom is 0.243 e. The molecular weight excluding hydrogens is 338 g/mol. The van der Waals surface area contributed by atoms with Crippen LogP contribution in [0.3, 0.4) is 0 Å². The van der Waals surface area contributed by atoms with E-state index in [1.54, 1.807) is 24.3 Å². The predicted octanol–water partition coefficient (Wildman–Crippen LogP) is 3.52. The topological polar surface area (TPSA) is 37.4 Å². The second-order valence-electron chi connectivity index (χ2n) is 4.21. The van der Waals surface area contributed by atoms with Crippen LogP contribution in [0.1, 0.15) is 20.3 Å². The highest BCUT2D eigenvalue weighted by molar-refractivity contribution is 9.09. The Balaban J connectivity index is 3.05. The summed E-state index contributed by atoms with van der Waals surface area (Å²) in [7, 11) is -3.44. The first kappa shape index (κ1) is 16.0. The van der Waals surface area contributed by atoms with Crippen LogP contribution in [-0.4, -0.2) is 30.6 Å². The molecule has 0 N–H and O–H groups in total. The molecule has 1 aromatic rings. The predicted molar refractivity (Wildman–Crippen MR) is 78.9 cm³/mol. The standard InChI is InChI=1S/C12H17BrClNO2S/c1-10(2)15(9-3-8-13)18(16,17)12-6-4-11(14)5-7-12/h4-7,10H,3,8-9H2,1-2H3. The van der Waals surface area contributed by atoms with E-state index in [0.29, 0.717) is 11.6 Å². The molecule has 0 bridgehead atoms. The van der Waals surface area contributed by atoms with Crippen LogP contribution >= 0.6 is 27.5 Å². The minimum Gasteiger partial charge on any atom is -0.207 e. The van der Waals surface area contributed by atoms with Gasteiger partial charge in [0.15, 0.2) is 0 Å². The molecule has 0 aliphatic heterocycles. The minimum absolute atomic E-state index is 0.0651. The van der Waals surface area contributed by atoms with E-state index in [-0.39, 0.29) is 10.9 Å². The van der Waals surface area contributed by atoms with E-state index < -0.39 is 10.0 Å². The van der Waals surface area contributed by atoms with Crippen LogP contribution in [0.5, 0.6) is 0 Å². The normalized spacial score (nSPS) is 12.3. The fourth-order valence-corrected chi connectivity index (χ4v) is 3.67. The molecule has 0 saturated carbocycles. The molecule has 102 valence electrons. The lowest BCUT2D eigenvalue weighted by Gasteiger charge is -2.25. The van der Waals surface area contributed by atoms with Crippen molar-refractivity contribution in [2.45, 2.75) is 31.2 Å². The van der Waals surface area contributed by atoms with E-state index in [2.05, 4.69) is 15.9 Å². The molecule has 0 atom stereocenters. The van der Waals surface area contributed by atoms with E-state index in [1.807, 2.05) is 13.8 Å². The highest BCUT2D eigenvalue weighted by atomic mass is 79.9. The fraction of sp³-hybridized carbons (Fsp3) is 0.500. The number of nitrogens with zero attached hydrogens (tertiary/aromatic N) is 1. The van der Waals surface area contributed by atoms with Crippen LogP contribution < -0.4 is 0 Å². The summed E-state index contributed by atoms with van der Waals surface area (Å²) in [5, 5.41) is 1.32. The summed E-state index contributed by atoms with van der Waals surface area (Å²) in [6.45, 7) is 4.26. The Morgan fingerprint density at radius 3 is 2.28 bits per heavy atom. The van der Waals surface area contributed by atoms with Crippen LogP contribution in [0.4, 0.5) is 0 Å². The first-order chi connectivity index (χ1) is 8.39. The minimum atomic E-state index is -3.44. The van der Waals surface area contributed by atoms with Crippen LogP contribution in [0.2, 0.25) is 5.02 Å². The van der Waals surface area contributed by atoms with Crippen molar-refractivity contribution in [1.82, 2.24) is 4.31 Å². The third-order valence-corrected chi connectivity index (χ3v) is 5.41. The maximum absolute atomic E-state index is 12.5. The van der Waals surface area contributed by atoms with Crippen molar-refractivity contribution >= 4 is 37.6 Å². The van der Waals surface area contributed by atoms with Crippen molar-refractivity contribution in [3.8, 4) is 0 Å². The lowest BCUT2D eigenvalue weighted by Crippen LogP contribution is -2.37. The van der Waals surface area contributed by atoms with Gasteiger partial charge in [0.25, 0.3) is 0 Å². The molecule has 3 nitrogen and oxygen atoms in total. The Morgan fingerprint density at radius 2 is 1.83 bits per heavy atom. The number of halogens is 2. The van der Waals surface area contributed by atoms with E-state index in [0.717, 1.165) is 11.8 Å². The van der Waals surface area contributed by atoms with Gasteiger partial charge in [0.1, 0.15) is 0 Å². The number of sulfonamides is 1. The molecule has 0 aliphatic carbocycles. The zero-order chi connectivity index (χ0) is 13.8. The third-order valence-electron chi connectivity index (χ3n) is 2.51. The van der Waals surface area contributed by atoms with Gasteiger partial charge in [-0.25, -0.2) is 8.42 Å². The number of hydrogen-bond donors (Lipinski definition) is 0. The molecule has 0 fully saturated rings. The first-order valence-electron chi connectivity index (χ1n) is 5.73. The Labute approximate surface area is 122 Å². The monoisotopic (exact) mass is 353 g/mol. The van der Waals surface area contributed by atoms with Crippen molar-refractivity contribution < 1.29 is 8.42 Å². The molecular formula is C12H17BrClNO2S. The molecule has 0 heterocycles. The SMILES string of the molecule is CC(C)N(CCCBr)S(=O)(=O)c1ccc(Cl)cc1. The molecule has 0 spiro atoms. The van der Waals surface area contributed by atoms with Crippen LogP contribution in [0.25, 0.3) is 0 Å². The summed E-state index contributed by atoms with van der Waals surface area (Å²) >= 11 is 9.09. The Kier molecular flexibility index (Phi) is 6.11. The van der Waals surface area contributed by atoms with Crippen molar-refractivity contribution in [3.05, 3.63) is 29.3 Å². The molecule has 0 saturated heterocycles. The van der Waals surface area contributed by atoms with Gasteiger partial charge >= 0.3 is 0 Å². The Bertz CT molecular complexity index is 473. The summed E-state index contributed by atoms with van der Waals surface area (Å²) in [4.78, 5) is 0.287. The highest BCUT2D eigenvalue weighted by Gasteiger charge is 2.26. The highest BCUT2D eigenvalue weighted by Crippen LogP contribution is 2.20. The van der Waals surface area contributed by atoms with Crippen molar-refractivity contribution in [1.29, 1.82) is 0 Å². The van der Waals surface area contributed by atoms with E-state index >= 15 is 0 Å². The van der Waals surface area contributed by atoms with Gasteiger partial charge in [0.2, 0.25) is 10.0 Å². The van der Waals surface area contributed by atoms with Gasteiger partial charge < -0.3 is 0 Å². The Hall–Kier alpha value is -0.100. The quantitative estimate of drug-likeness (QED) is 0.733. The lowest BCUT2D eigenvalue weighted by atomic mass is 10.4. The molecule has 1 aromatic carbocycles.